The Kier molecular flexibility index (Phi) is 8.02. The van der Waals surface area contributed by atoms with Crippen molar-refractivity contribution in [3.63, 3.8) is 0 Å². The molecule has 3 aromatic rings. The molecule has 0 radical (unpaired) electrons. The number of carbonyl (C=O) groups excluding carboxylic acids is 1. The van der Waals surface area contributed by atoms with Gasteiger partial charge in [-0.15, -0.1) is 10.2 Å². The van der Waals surface area contributed by atoms with Gasteiger partial charge in [0, 0.05) is 44.4 Å². The quantitative estimate of drug-likeness (QED) is 0.416. The third-order valence-electron chi connectivity index (χ3n) is 6.51. The molecule has 0 saturated carbocycles. The van der Waals surface area contributed by atoms with E-state index in [0.717, 1.165) is 17.6 Å². The maximum absolute atomic E-state index is 13.2. The molecule has 1 saturated heterocycles. The zero-order valence-corrected chi connectivity index (χ0v) is 21.5. The van der Waals surface area contributed by atoms with Gasteiger partial charge < -0.3 is 24.5 Å². The SMILES string of the molecule is Cn1cnnc1CC(C)(C)c1cccc(NC(=O)c2cc(CNCC3COC3)cn(CC(F)(F)F)c2=O)c1. The molecule has 4 rings (SSSR count). The van der Waals surface area contributed by atoms with Crippen molar-refractivity contribution in [3.8, 4) is 0 Å². The minimum Gasteiger partial charge on any atom is -0.381 e. The Morgan fingerprint density at radius 1 is 1.21 bits per heavy atom. The number of benzene rings is 1. The summed E-state index contributed by atoms with van der Waals surface area (Å²) in [6.45, 7) is 4.67. The van der Waals surface area contributed by atoms with E-state index >= 15 is 0 Å². The lowest BCUT2D eigenvalue weighted by molar-refractivity contribution is -0.141. The number of hydrogen-bond acceptors (Lipinski definition) is 6. The van der Waals surface area contributed by atoms with E-state index in [9.17, 15) is 22.8 Å². The summed E-state index contributed by atoms with van der Waals surface area (Å²) in [5.74, 6) is 0.359. The molecule has 3 heterocycles. The molecule has 0 bridgehead atoms. The first-order valence-electron chi connectivity index (χ1n) is 12.2. The maximum atomic E-state index is 13.2. The molecular weight excluding hydrogens is 501 g/mol. The van der Waals surface area contributed by atoms with Crippen molar-refractivity contribution in [2.24, 2.45) is 13.0 Å². The zero-order chi connectivity index (χ0) is 27.5. The Morgan fingerprint density at radius 3 is 2.61 bits per heavy atom. The average Bonchev–Trinajstić information content (AvgIpc) is 3.20. The van der Waals surface area contributed by atoms with Crippen molar-refractivity contribution in [1.29, 1.82) is 0 Å². The third-order valence-corrected chi connectivity index (χ3v) is 6.51. The van der Waals surface area contributed by atoms with Gasteiger partial charge >= 0.3 is 6.18 Å². The lowest BCUT2D eigenvalue weighted by Crippen LogP contribution is -2.37. The van der Waals surface area contributed by atoms with Crippen LogP contribution in [0.15, 0.2) is 47.7 Å². The molecule has 0 atom stereocenters. The molecule has 1 aromatic carbocycles. The monoisotopic (exact) mass is 532 g/mol. The molecule has 0 aliphatic carbocycles. The summed E-state index contributed by atoms with van der Waals surface area (Å²) in [6, 6.07) is 8.49. The molecule has 0 unspecified atom stereocenters. The first kappa shape index (κ1) is 27.5. The summed E-state index contributed by atoms with van der Waals surface area (Å²) in [5.41, 5.74) is 0.00854. The summed E-state index contributed by atoms with van der Waals surface area (Å²) in [6.07, 6.45) is -1.26. The number of anilines is 1. The summed E-state index contributed by atoms with van der Waals surface area (Å²) >= 11 is 0. The van der Waals surface area contributed by atoms with Crippen LogP contribution in [0.5, 0.6) is 0 Å². The Labute approximate surface area is 218 Å². The van der Waals surface area contributed by atoms with Crippen molar-refractivity contribution >= 4 is 11.6 Å². The number of aryl methyl sites for hydroxylation is 1. The Balaban J connectivity index is 1.55. The number of halogens is 3. The highest BCUT2D eigenvalue weighted by Crippen LogP contribution is 2.29. The molecule has 12 heteroatoms. The summed E-state index contributed by atoms with van der Waals surface area (Å²) < 4.78 is 47.0. The molecule has 1 aliphatic heterocycles. The van der Waals surface area contributed by atoms with Gasteiger partial charge in [0.15, 0.2) is 0 Å². The van der Waals surface area contributed by atoms with Crippen LogP contribution in [0.4, 0.5) is 18.9 Å². The van der Waals surface area contributed by atoms with E-state index < -0.39 is 24.2 Å². The smallest absolute Gasteiger partial charge is 0.381 e. The number of ether oxygens (including phenoxy) is 1. The topological polar surface area (TPSA) is 103 Å². The number of pyridine rings is 1. The molecular formula is C26H31F3N6O3. The third kappa shape index (κ3) is 6.87. The van der Waals surface area contributed by atoms with Crippen molar-refractivity contribution in [1.82, 2.24) is 24.6 Å². The van der Waals surface area contributed by atoms with E-state index in [0.29, 0.717) is 47.9 Å². The number of rotatable bonds is 10. The van der Waals surface area contributed by atoms with Crippen LogP contribution in [0.25, 0.3) is 0 Å². The van der Waals surface area contributed by atoms with Crippen LogP contribution in [0, 0.1) is 5.92 Å². The van der Waals surface area contributed by atoms with Crippen molar-refractivity contribution in [3.05, 3.63) is 75.7 Å². The number of nitrogens with zero attached hydrogens (tertiary/aromatic N) is 4. The van der Waals surface area contributed by atoms with Gasteiger partial charge in [0.25, 0.3) is 11.5 Å². The molecule has 2 aromatic heterocycles. The van der Waals surface area contributed by atoms with Gasteiger partial charge in [-0.2, -0.15) is 13.2 Å². The number of hydrogen-bond donors (Lipinski definition) is 2. The minimum atomic E-state index is -4.62. The van der Waals surface area contributed by atoms with E-state index in [1.165, 1.54) is 6.07 Å². The summed E-state index contributed by atoms with van der Waals surface area (Å²) in [7, 11) is 1.86. The molecule has 0 spiro atoms. The van der Waals surface area contributed by atoms with Crippen LogP contribution in [0.3, 0.4) is 0 Å². The second kappa shape index (κ2) is 11.1. The maximum Gasteiger partial charge on any atom is 0.406 e. The Hall–Kier alpha value is -3.51. The van der Waals surface area contributed by atoms with Gasteiger partial charge in [-0.1, -0.05) is 26.0 Å². The fourth-order valence-electron chi connectivity index (χ4n) is 4.27. The second-order valence-corrected chi connectivity index (χ2v) is 10.3. The minimum absolute atomic E-state index is 0.209. The molecule has 2 N–H and O–H groups in total. The Morgan fingerprint density at radius 2 is 1.97 bits per heavy atom. The van der Waals surface area contributed by atoms with Crippen LogP contribution >= 0.6 is 0 Å². The highest BCUT2D eigenvalue weighted by atomic mass is 19.4. The fraction of sp³-hybridized carbons (Fsp3) is 0.462. The van der Waals surface area contributed by atoms with Gasteiger partial charge in [-0.3, -0.25) is 9.59 Å². The van der Waals surface area contributed by atoms with E-state index in [1.54, 1.807) is 24.5 Å². The van der Waals surface area contributed by atoms with Gasteiger partial charge in [-0.25, -0.2) is 0 Å². The lowest BCUT2D eigenvalue weighted by atomic mass is 9.81. The van der Waals surface area contributed by atoms with E-state index in [2.05, 4.69) is 20.8 Å². The summed E-state index contributed by atoms with van der Waals surface area (Å²) in [4.78, 5) is 26.0. The number of carbonyl (C=O) groups is 1. The van der Waals surface area contributed by atoms with Crippen LogP contribution in [-0.2, 0) is 36.7 Å². The predicted octanol–water partition coefficient (Wildman–Crippen LogP) is 3.05. The van der Waals surface area contributed by atoms with E-state index in [-0.39, 0.29) is 17.5 Å². The lowest BCUT2D eigenvalue weighted by Gasteiger charge is -2.26. The van der Waals surface area contributed by atoms with Crippen LogP contribution in [0.2, 0.25) is 0 Å². The van der Waals surface area contributed by atoms with Crippen molar-refractivity contribution < 1.29 is 22.7 Å². The zero-order valence-electron chi connectivity index (χ0n) is 21.5. The number of nitrogens with one attached hydrogen (secondary N) is 2. The van der Waals surface area contributed by atoms with E-state index in [1.807, 2.05) is 31.5 Å². The largest absolute Gasteiger partial charge is 0.406 e. The first-order valence-corrected chi connectivity index (χ1v) is 12.2. The van der Waals surface area contributed by atoms with Crippen molar-refractivity contribution in [2.75, 3.05) is 25.1 Å². The highest BCUT2D eigenvalue weighted by molar-refractivity contribution is 6.04. The first-order chi connectivity index (χ1) is 17.9. The predicted molar refractivity (Wildman–Crippen MR) is 135 cm³/mol. The molecule has 204 valence electrons. The van der Waals surface area contributed by atoms with Crippen LogP contribution in [0.1, 0.15) is 41.2 Å². The number of aromatic nitrogens is 4. The van der Waals surface area contributed by atoms with Gasteiger partial charge in [-0.05, 0) is 34.7 Å². The number of amides is 1. The standard InChI is InChI=1S/C26H31F3N6O3/c1-25(2,9-22-33-31-16-34(22)3)19-5-4-6-20(8-19)32-23(36)21-7-17(10-30-11-18-13-38-14-18)12-35(24(21)37)15-26(27,28)29/h4-8,12,16,18,30H,9-11,13-15H2,1-3H3,(H,32,36). The molecule has 9 nitrogen and oxygen atoms in total. The van der Waals surface area contributed by atoms with Gasteiger partial charge in [0.1, 0.15) is 24.3 Å². The van der Waals surface area contributed by atoms with E-state index in [4.69, 9.17) is 4.74 Å². The average molecular weight is 533 g/mol. The molecule has 1 amide bonds. The normalized spacial score (nSPS) is 14.4. The summed E-state index contributed by atoms with van der Waals surface area (Å²) in [5, 5.41) is 13.9. The van der Waals surface area contributed by atoms with Crippen LogP contribution in [-0.4, -0.2) is 51.2 Å². The van der Waals surface area contributed by atoms with Gasteiger partial charge in [0.2, 0.25) is 0 Å². The Bertz CT molecular complexity index is 1340. The molecule has 1 fully saturated rings. The highest BCUT2D eigenvalue weighted by Gasteiger charge is 2.30. The van der Waals surface area contributed by atoms with Gasteiger partial charge in [0.05, 0.1) is 13.2 Å². The molecule has 1 aliphatic rings. The van der Waals surface area contributed by atoms with Crippen molar-refractivity contribution in [2.45, 2.75) is 44.9 Å². The van der Waals surface area contributed by atoms with Crippen LogP contribution < -0.4 is 16.2 Å². The fourth-order valence-corrected chi connectivity index (χ4v) is 4.27. The number of alkyl halides is 3. The second-order valence-electron chi connectivity index (χ2n) is 10.3. The molecule has 38 heavy (non-hydrogen) atoms.